The molecular weight excluding hydrogens is 408 g/mol. The van der Waals surface area contributed by atoms with Crippen molar-refractivity contribution in [1.29, 1.82) is 0 Å². The van der Waals surface area contributed by atoms with Crippen molar-refractivity contribution >= 4 is 46.1 Å². The maximum Gasteiger partial charge on any atom is 0.248 e. The maximum absolute atomic E-state index is 12.0. The average molecular weight is 435 g/mol. The van der Waals surface area contributed by atoms with E-state index in [9.17, 15) is 4.79 Å². The van der Waals surface area contributed by atoms with Gasteiger partial charge in [0.15, 0.2) is 0 Å². The van der Waals surface area contributed by atoms with Gasteiger partial charge in [0.25, 0.3) is 0 Å². The summed E-state index contributed by atoms with van der Waals surface area (Å²) < 4.78 is 5.41. The van der Waals surface area contributed by atoms with Crippen LogP contribution in [-0.4, -0.2) is 32.2 Å². The number of amides is 1. The number of thiophene rings is 1. The number of anilines is 4. The Hall–Kier alpha value is -3.29. The normalized spacial score (nSPS) is 14.0. The Morgan fingerprint density at radius 1 is 1.06 bits per heavy atom. The van der Waals surface area contributed by atoms with Crippen LogP contribution < -0.4 is 21.3 Å². The van der Waals surface area contributed by atoms with Crippen LogP contribution in [0.1, 0.15) is 11.1 Å². The fourth-order valence-electron chi connectivity index (χ4n) is 3.32. The van der Waals surface area contributed by atoms with Gasteiger partial charge in [0.05, 0.1) is 24.6 Å². The van der Waals surface area contributed by atoms with Crippen LogP contribution in [0, 0.1) is 0 Å². The highest BCUT2D eigenvalue weighted by molar-refractivity contribution is 7.09. The third-order valence-electron chi connectivity index (χ3n) is 5.10. The highest BCUT2D eigenvalue weighted by Crippen LogP contribution is 2.23. The molecule has 1 aliphatic heterocycles. The van der Waals surface area contributed by atoms with Crippen LogP contribution in [0.5, 0.6) is 0 Å². The highest BCUT2D eigenvalue weighted by atomic mass is 32.1. The van der Waals surface area contributed by atoms with Crippen LogP contribution in [0.3, 0.4) is 0 Å². The van der Waals surface area contributed by atoms with Crippen molar-refractivity contribution < 1.29 is 9.53 Å². The van der Waals surface area contributed by atoms with Crippen molar-refractivity contribution in [3.63, 3.8) is 0 Å². The topological polar surface area (TPSA) is 79.6 Å². The van der Waals surface area contributed by atoms with Crippen molar-refractivity contribution in [2.75, 3.05) is 47.6 Å². The molecule has 0 saturated carbocycles. The quantitative estimate of drug-likeness (QED) is 0.480. The molecule has 6 nitrogen and oxygen atoms in total. The molecule has 4 N–H and O–H groups in total. The summed E-state index contributed by atoms with van der Waals surface area (Å²) in [5.41, 5.74) is 11.5. The molecular formula is C24H26N4O2S. The molecule has 160 valence electrons. The molecule has 1 saturated heterocycles. The number of nitrogens with two attached hydrogens (primary N) is 1. The van der Waals surface area contributed by atoms with Crippen molar-refractivity contribution in [3.8, 4) is 0 Å². The molecule has 0 radical (unpaired) electrons. The SMILES string of the molecule is Nc1cscc1NC(=O)/C=C\c1ccc(CNc2ccc(N3CCOCC3)cc2)cc1. The number of hydrogen-bond donors (Lipinski definition) is 3. The van der Waals surface area contributed by atoms with Gasteiger partial charge in [-0.05, 0) is 41.5 Å². The minimum absolute atomic E-state index is 0.198. The number of nitrogens with zero attached hydrogens (tertiary/aromatic N) is 1. The number of rotatable bonds is 7. The number of nitrogens with one attached hydrogen (secondary N) is 2. The van der Waals surface area contributed by atoms with Crippen LogP contribution in [0.25, 0.3) is 6.08 Å². The first kappa shape index (κ1) is 21.0. The first-order valence-corrected chi connectivity index (χ1v) is 11.2. The summed E-state index contributed by atoms with van der Waals surface area (Å²) in [7, 11) is 0. The second-order valence-electron chi connectivity index (χ2n) is 7.30. The Bertz CT molecular complexity index is 1020. The lowest BCUT2D eigenvalue weighted by molar-refractivity contribution is -0.111. The number of hydrogen-bond acceptors (Lipinski definition) is 6. The third-order valence-corrected chi connectivity index (χ3v) is 5.86. The van der Waals surface area contributed by atoms with E-state index in [0.717, 1.165) is 44.1 Å². The number of benzene rings is 2. The molecule has 0 unspecified atom stereocenters. The van der Waals surface area contributed by atoms with Gasteiger partial charge >= 0.3 is 0 Å². The van der Waals surface area contributed by atoms with Gasteiger partial charge in [-0.1, -0.05) is 24.3 Å². The van der Waals surface area contributed by atoms with E-state index in [1.807, 2.05) is 17.5 Å². The number of morpholine rings is 1. The first-order valence-electron chi connectivity index (χ1n) is 10.2. The van der Waals surface area contributed by atoms with Gasteiger partial charge in [0, 0.05) is 47.8 Å². The van der Waals surface area contributed by atoms with Gasteiger partial charge in [-0.3, -0.25) is 4.79 Å². The minimum atomic E-state index is -0.198. The molecule has 4 rings (SSSR count). The summed E-state index contributed by atoms with van der Waals surface area (Å²) in [6.45, 7) is 4.20. The Kier molecular flexibility index (Phi) is 6.86. The number of carbonyl (C=O) groups is 1. The molecule has 0 aliphatic carbocycles. The maximum atomic E-state index is 12.0. The first-order chi connectivity index (χ1) is 15.2. The standard InChI is InChI=1S/C24H26N4O2S/c25-22-16-31-17-23(22)27-24(29)10-5-18-1-3-19(4-2-18)15-26-20-6-8-21(9-7-20)28-11-13-30-14-12-28/h1-10,16-17,26H,11-15,25H2,(H,27,29)/b10-5-. The minimum Gasteiger partial charge on any atom is -0.396 e. The van der Waals surface area contributed by atoms with Crippen LogP contribution in [-0.2, 0) is 16.1 Å². The molecule has 1 amide bonds. The molecule has 2 heterocycles. The van der Waals surface area contributed by atoms with Gasteiger partial charge in [0.1, 0.15) is 0 Å². The Morgan fingerprint density at radius 2 is 1.81 bits per heavy atom. The van der Waals surface area contributed by atoms with Crippen molar-refractivity contribution in [2.45, 2.75) is 6.54 Å². The zero-order chi connectivity index (χ0) is 21.5. The predicted molar refractivity (Wildman–Crippen MR) is 130 cm³/mol. The van der Waals surface area contributed by atoms with Crippen LogP contribution in [0.4, 0.5) is 22.7 Å². The van der Waals surface area contributed by atoms with Crippen LogP contribution in [0.15, 0.2) is 65.4 Å². The smallest absolute Gasteiger partial charge is 0.248 e. The van der Waals surface area contributed by atoms with Gasteiger partial charge in [-0.25, -0.2) is 0 Å². The number of nitrogen functional groups attached to an aromatic ring is 1. The fourth-order valence-corrected chi connectivity index (χ4v) is 3.99. The lowest BCUT2D eigenvalue weighted by Crippen LogP contribution is -2.36. The van der Waals surface area contributed by atoms with Crippen molar-refractivity contribution in [2.24, 2.45) is 0 Å². The van der Waals surface area contributed by atoms with Gasteiger partial charge < -0.3 is 26.0 Å². The van der Waals surface area contributed by atoms with Crippen molar-refractivity contribution in [3.05, 3.63) is 76.5 Å². The molecule has 31 heavy (non-hydrogen) atoms. The molecule has 1 fully saturated rings. The number of ether oxygens (including phenoxy) is 1. The van der Waals surface area contributed by atoms with E-state index < -0.39 is 0 Å². The summed E-state index contributed by atoms with van der Waals surface area (Å²) in [5.74, 6) is -0.198. The van der Waals surface area contributed by atoms with E-state index >= 15 is 0 Å². The van der Waals surface area contributed by atoms with Gasteiger partial charge in [-0.2, -0.15) is 0 Å². The van der Waals surface area contributed by atoms with Gasteiger partial charge in [0.2, 0.25) is 5.91 Å². The molecule has 1 aliphatic rings. The molecule has 0 spiro atoms. The zero-order valence-corrected chi connectivity index (χ0v) is 18.0. The third kappa shape index (κ3) is 5.87. The Balaban J connectivity index is 1.26. The van der Waals surface area contributed by atoms with E-state index in [-0.39, 0.29) is 5.91 Å². The van der Waals surface area contributed by atoms with E-state index in [1.54, 1.807) is 11.5 Å². The average Bonchev–Trinajstić information content (AvgIpc) is 3.22. The van der Waals surface area contributed by atoms with E-state index in [4.69, 9.17) is 10.5 Å². The largest absolute Gasteiger partial charge is 0.396 e. The second-order valence-corrected chi connectivity index (χ2v) is 8.05. The number of carbonyl (C=O) groups excluding carboxylic acids is 1. The predicted octanol–water partition coefficient (Wildman–Crippen LogP) is 4.43. The summed E-state index contributed by atoms with van der Waals surface area (Å²) in [5, 5.41) is 9.84. The van der Waals surface area contributed by atoms with Crippen molar-refractivity contribution in [1.82, 2.24) is 0 Å². The molecule has 7 heteroatoms. The fraction of sp³-hybridized carbons (Fsp3) is 0.208. The Morgan fingerprint density at radius 3 is 2.48 bits per heavy atom. The molecule has 2 aromatic carbocycles. The van der Waals surface area contributed by atoms with Gasteiger partial charge in [-0.15, -0.1) is 11.3 Å². The zero-order valence-electron chi connectivity index (χ0n) is 17.2. The summed E-state index contributed by atoms with van der Waals surface area (Å²) in [6, 6.07) is 16.6. The lowest BCUT2D eigenvalue weighted by Gasteiger charge is -2.28. The summed E-state index contributed by atoms with van der Waals surface area (Å²) in [6.07, 6.45) is 3.31. The lowest BCUT2D eigenvalue weighted by atomic mass is 10.1. The molecule has 3 aromatic rings. The van der Waals surface area contributed by atoms with Crippen LogP contribution in [0.2, 0.25) is 0 Å². The van der Waals surface area contributed by atoms with Crippen LogP contribution >= 0.6 is 11.3 Å². The molecule has 0 bridgehead atoms. The van der Waals surface area contributed by atoms with E-state index in [2.05, 4.69) is 51.9 Å². The Labute approximate surface area is 186 Å². The van der Waals surface area contributed by atoms with E-state index in [0.29, 0.717) is 11.4 Å². The molecule has 1 aromatic heterocycles. The van der Waals surface area contributed by atoms with E-state index in [1.165, 1.54) is 28.7 Å². The molecule has 0 atom stereocenters. The highest BCUT2D eigenvalue weighted by Gasteiger charge is 2.10. The monoisotopic (exact) mass is 434 g/mol. The second kappa shape index (κ2) is 10.1. The summed E-state index contributed by atoms with van der Waals surface area (Å²) in [4.78, 5) is 14.4. The summed E-state index contributed by atoms with van der Waals surface area (Å²) >= 11 is 1.46.